The molecular weight excluding hydrogens is 284 g/mol. The molecule has 0 heterocycles. The van der Waals surface area contributed by atoms with E-state index in [1.54, 1.807) is 0 Å². The second-order valence-corrected chi connectivity index (χ2v) is 7.08. The van der Waals surface area contributed by atoms with Crippen LogP contribution >= 0.6 is 0 Å². The van der Waals surface area contributed by atoms with Crippen LogP contribution in [0.4, 0.5) is 0 Å². The van der Waals surface area contributed by atoms with Gasteiger partial charge in [-0.05, 0) is 18.1 Å². The third-order valence-electron chi connectivity index (χ3n) is 3.26. The van der Waals surface area contributed by atoms with Crippen LogP contribution in [0.25, 0.3) is 0 Å². The lowest BCUT2D eigenvalue weighted by Gasteiger charge is -2.22. The summed E-state index contributed by atoms with van der Waals surface area (Å²) in [7, 11) is -0.494. The highest BCUT2D eigenvalue weighted by Gasteiger charge is 2.22. The number of rotatable bonds is 5. The number of hydrogen-bond acceptors (Lipinski definition) is 2. The van der Waals surface area contributed by atoms with Gasteiger partial charge in [-0.15, -0.1) is 0 Å². The molecule has 0 fully saturated rings. The van der Waals surface area contributed by atoms with Gasteiger partial charge in [-0.1, -0.05) is 60.2 Å². The molecule has 1 atom stereocenters. The van der Waals surface area contributed by atoms with Gasteiger partial charge in [0.05, 0.1) is 6.04 Å². The fourth-order valence-electron chi connectivity index (χ4n) is 2.08. The van der Waals surface area contributed by atoms with Gasteiger partial charge < -0.3 is 0 Å². The molecule has 0 aliphatic heterocycles. The van der Waals surface area contributed by atoms with Gasteiger partial charge >= 0.3 is 0 Å². The molecule has 0 spiro atoms. The number of aryl methyl sites for hydroxylation is 1. The second kappa shape index (κ2) is 6.39. The summed E-state index contributed by atoms with van der Waals surface area (Å²) in [5.41, 5.74) is 2.93. The predicted molar refractivity (Wildman–Crippen MR) is 85.2 cm³/mol. The van der Waals surface area contributed by atoms with Crippen molar-refractivity contribution < 1.29 is 8.42 Å². The number of nitrogens with one attached hydrogen (secondary N) is 1. The maximum absolute atomic E-state index is 12.2. The Balaban J connectivity index is 2.46. The van der Waals surface area contributed by atoms with E-state index < -0.39 is 16.3 Å². The molecule has 0 saturated carbocycles. The molecule has 0 radical (unpaired) electrons. The molecule has 112 valence electrons. The van der Waals surface area contributed by atoms with Crippen molar-refractivity contribution in [3.05, 3.63) is 71.3 Å². The second-order valence-electron chi connectivity index (χ2n) is 5.16. The Kier molecular flexibility index (Phi) is 4.77. The van der Waals surface area contributed by atoms with Crippen LogP contribution in [0.15, 0.2) is 54.6 Å². The highest BCUT2D eigenvalue weighted by atomic mass is 32.2. The first-order valence-corrected chi connectivity index (χ1v) is 8.15. The van der Waals surface area contributed by atoms with Gasteiger partial charge in [-0.25, -0.2) is 0 Å². The first kappa shape index (κ1) is 15.7. The van der Waals surface area contributed by atoms with E-state index in [4.69, 9.17) is 0 Å². The van der Waals surface area contributed by atoms with E-state index in [1.807, 2.05) is 61.5 Å². The van der Waals surface area contributed by atoms with Crippen molar-refractivity contribution in [3.63, 3.8) is 0 Å². The Bertz CT molecular complexity index is 697. The summed E-state index contributed by atoms with van der Waals surface area (Å²) in [6, 6.07) is 17.0. The quantitative estimate of drug-likeness (QED) is 0.922. The highest BCUT2D eigenvalue weighted by Crippen LogP contribution is 2.23. The summed E-state index contributed by atoms with van der Waals surface area (Å²) < 4.78 is 28.3. The molecule has 0 aliphatic carbocycles. The van der Waals surface area contributed by atoms with Crippen LogP contribution in [0.2, 0.25) is 0 Å². The zero-order valence-electron chi connectivity index (χ0n) is 12.4. The minimum atomic E-state index is -3.52. The van der Waals surface area contributed by atoms with Crippen LogP contribution in [0.1, 0.15) is 22.7 Å². The number of nitrogens with zero attached hydrogens (tertiary/aromatic N) is 1. The third kappa shape index (κ3) is 3.91. The fraction of sp³-hybridized carbons (Fsp3) is 0.250. The van der Waals surface area contributed by atoms with E-state index >= 15 is 0 Å². The first-order valence-electron chi connectivity index (χ1n) is 6.71. The van der Waals surface area contributed by atoms with Crippen molar-refractivity contribution in [2.45, 2.75) is 13.0 Å². The van der Waals surface area contributed by atoms with Gasteiger partial charge in [-0.2, -0.15) is 17.4 Å². The predicted octanol–water partition coefficient (Wildman–Crippen LogP) is 2.48. The van der Waals surface area contributed by atoms with Crippen LogP contribution < -0.4 is 4.72 Å². The lowest BCUT2D eigenvalue weighted by Crippen LogP contribution is -2.38. The molecule has 2 aromatic carbocycles. The van der Waals surface area contributed by atoms with Crippen molar-refractivity contribution in [1.82, 2.24) is 9.03 Å². The van der Waals surface area contributed by atoms with Gasteiger partial charge in [0.1, 0.15) is 0 Å². The highest BCUT2D eigenvalue weighted by molar-refractivity contribution is 7.87. The van der Waals surface area contributed by atoms with Gasteiger partial charge in [0, 0.05) is 14.1 Å². The smallest absolute Gasteiger partial charge is 0.195 e. The third-order valence-corrected chi connectivity index (χ3v) is 4.75. The molecule has 0 bridgehead atoms. The van der Waals surface area contributed by atoms with Crippen LogP contribution in [-0.4, -0.2) is 26.8 Å². The van der Waals surface area contributed by atoms with Gasteiger partial charge in [0.2, 0.25) is 0 Å². The lowest BCUT2D eigenvalue weighted by molar-refractivity contribution is 0.498. The van der Waals surface area contributed by atoms with Crippen LogP contribution in [0, 0.1) is 6.92 Å². The summed E-state index contributed by atoms with van der Waals surface area (Å²) in [6.07, 6.45) is 0. The molecule has 0 saturated heterocycles. The standard InChI is InChI=1S/C16H20N2O2S/c1-13-8-7-11-15(12-13)16(14-9-5-4-6-10-14)17-21(19,20)18(2)3/h4-12,16-17H,1-3H3/t16-/m1/s1. The zero-order chi connectivity index (χ0) is 15.5. The Morgan fingerprint density at radius 1 is 0.952 bits per heavy atom. The monoisotopic (exact) mass is 304 g/mol. The van der Waals surface area contributed by atoms with E-state index in [2.05, 4.69) is 4.72 Å². The summed E-state index contributed by atoms with van der Waals surface area (Å²) in [6.45, 7) is 1.99. The van der Waals surface area contributed by atoms with Gasteiger partial charge in [0.25, 0.3) is 10.2 Å². The van der Waals surface area contributed by atoms with Crippen molar-refractivity contribution in [1.29, 1.82) is 0 Å². The lowest BCUT2D eigenvalue weighted by atomic mass is 9.98. The summed E-state index contributed by atoms with van der Waals surface area (Å²) in [5.74, 6) is 0. The first-order chi connectivity index (χ1) is 9.90. The Hall–Kier alpha value is -1.69. The molecule has 5 heteroatoms. The average molecular weight is 304 g/mol. The summed E-state index contributed by atoms with van der Waals surface area (Å²) in [4.78, 5) is 0. The molecule has 0 amide bonds. The van der Waals surface area contributed by atoms with Crippen molar-refractivity contribution >= 4 is 10.2 Å². The number of hydrogen-bond donors (Lipinski definition) is 1. The van der Waals surface area contributed by atoms with Crippen LogP contribution in [0.3, 0.4) is 0 Å². The normalized spacial score (nSPS) is 13.3. The molecule has 0 aliphatic rings. The molecule has 0 aromatic heterocycles. The Morgan fingerprint density at radius 3 is 2.14 bits per heavy atom. The fourth-order valence-corrected chi connectivity index (χ4v) is 2.86. The molecule has 2 aromatic rings. The van der Waals surface area contributed by atoms with E-state index in [0.29, 0.717) is 0 Å². The molecule has 4 nitrogen and oxygen atoms in total. The maximum atomic E-state index is 12.2. The van der Waals surface area contributed by atoms with E-state index in [1.165, 1.54) is 18.4 Å². The molecule has 1 N–H and O–H groups in total. The van der Waals surface area contributed by atoms with E-state index in [0.717, 1.165) is 16.7 Å². The minimum Gasteiger partial charge on any atom is -0.195 e. The molecular formula is C16H20N2O2S. The largest absolute Gasteiger partial charge is 0.279 e. The van der Waals surface area contributed by atoms with Crippen molar-refractivity contribution in [2.24, 2.45) is 0 Å². The summed E-state index contributed by atoms with van der Waals surface area (Å²) in [5, 5.41) is 0. The molecule has 0 unspecified atom stereocenters. The summed E-state index contributed by atoms with van der Waals surface area (Å²) >= 11 is 0. The topological polar surface area (TPSA) is 49.4 Å². The van der Waals surface area contributed by atoms with Crippen molar-refractivity contribution in [3.8, 4) is 0 Å². The van der Waals surface area contributed by atoms with Gasteiger partial charge in [-0.3, -0.25) is 0 Å². The van der Waals surface area contributed by atoms with E-state index in [-0.39, 0.29) is 0 Å². The van der Waals surface area contributed by atoms with Crippen LogP contribution in [-0.2, 0) is 10.2 Å². The van der Waals surface area contributed by atoms with Crippen LogP contribution in [0.5, 0.6) is 0 Å². The number of benzene rings is 2. The SMILES string of the molecule is Cc1cccc([C@H](NS(=O)(=O)N(C)C)c2ccccc2)c1. The minimum absolute atomic E-state index is 0.404. The Morgan fingerprint density at radius 2 is 1.57 bits per heavy atom. The zero-order valence-corrected chi connectivity index (χ0v) is 13.3. The maximum Gasteiger partial charge on any atom is 0.279 e. The molecule has 2 rings (SSSR count). The molecule has 21 heavy (non-hydrogen) atoms. The Labute approximate surface area is 126 Å². The van der Waals surface area contributed by atoms with Crippen molar-refractivity contribution in [2.75, 3.05) is 14.1 Å². The average Bonchev–Trinajstić information content (AvgIpc) is 2.45. The van der Waals surface area contributed by atoms with E-state index in [9.17, 15) is 8.42 Å². The van der Waals surface area contributed by atoms with Gasteiger partial charge in [0.15, 0.2) is 0 Å².